The first-order chi connectivity index (χ1) is 15.1. The summed E-state index contributed by atoms with van der Waals surface area (Å²) < 4.78 is 37.8. The highest BCUT2D eigenvalue weighted by molar-refractivity contribution is 7.87. The molecule has 0 aromatic heterocycles. The Hall–Kier alpha value is -1.68. The van der Waals surface area contributed by atoms with Crippen LogP contribution in [0, 0.1) is 0 Å². The van der Waals surface area contributed by atoms with Gasteiger partial charge in [0.25, 0.3) is 0 Å². The lowest BCUT2D eigenvalue weighted by Gasteiger charge is -2.22. The molecule has 0 saturated carbocycles. The minimum Gasteiger partial charge on any atom is -0.747 e. The molecule has 1 amide bonds. The zero-order chi connectivity index (χ0) is 24.4. The van der Waals surface area contributed by atoms with Gasteiger partial charge >= 0.3 is 5.97 Å². The molecule has 0 spiro atoms. The van der Waals surface area contributed by atoms with Crippen molar-refractivity contribution in [1.82, 2.24) is 5.32 Å². The Kier molecular flexibility index (Phi) is 16.9. The van der Waals surface area contributed by atoms with E-state index in [2.05, 4.69) is 12.2 Å². The summed E-state index contributed by atoms with van der Waals surface area (Å²) in [6, 6.07) is -1.04. The van der Waals surface area contributed by atoms with E-state index in [1.807, 2.05) is 0 Å². The normalized spacial score (nSPS) is 13.3. The highest BCUT2D eigenvalue weighted by Gasteiger charge is 2.25. The van der Waals surface area contributed by atoms with Crippen LogP contribution in [0.15, 0.2) is 0 Å². The van der Waals surface area contributed by atoms with E-state index < -0.39 is 45.7 Å². The van der Waals surface area contributed by atoms with Crippen molar-refractivity contribution < 1.29 is 37.2 Å². The van der Waals surface area contributed by atoms with Crippen molar-refractivity contribution >= 4 is 28.0 Å². The molecule has 0 fully saturated rings. The Bertz CT molecular complexity index is 650. The number of esters is 1. The molecule has 0 bridgehead atoms. The van der Waals surface area contributed by atoms with Crippen LogP contribution in [0.4, 0.5) is 0 Å². The van der Waals surface area contributed by atoms with Crippen LogP contribution in [0.1, 0.15) is 104 Å². The lowest BCUT2D eigenvalue weighted by atomic mass is 10.1. The van der Waals surface area contributed by atoms with Gasteiger partial charge in [0.1, 0.15) is 16.2 Å². The second-order valence-electron chi connectivity index (χ2n) is 8.09. The van der Waals surface area contributed by atoms with Crippen LogP contribution in [0.5, 0.6) is 0 Å². The Balaban J connectivity index is 3.97. The molecule has 2 unspecified atom stereocenters. The Morgan fingerprint density at radius 3 is 1.72 bits per heavy atom. The third-order valence-electron chi connectivity index (χ3n) is 5.25. The van der Waals surface area contributed by atoms with E-state index in [0.29, 0.717) is 6.42 Å². The maximum absolute atomic E-state index is 12.1. The minimum absolute atomic E-state index is 0.170. The van der Waals surface area contributed by atoms with Gasteiger partial charge in [0.2, 0.25) is 5.91 Å². The van der Waals surface area contributed by atoms with E-state index in [1.165, 1.54) is 51.4 Å². The predicted octanol–water partition coefficient (Wildman–Crippen LogP) is 2.18. The largest absolute Gasteiger partial charge is 0.747 e. The smallest absolute Gasteiger partial charge is 0.328 e. The molecular formula is C22H39NO8S-2. The van der Waals surface area contributed by atoms with E-state index in [1.54, 1.807) is 6.92 Å². The third-order valence-corrected chi connectivity index (χ3v) is 6.31. The lowest BCUT2D eigenvalue weighted by molar-refractivity contribution is -0.305. The number of hydrogen-bond acceptors (Lipinski definition) is 8. The van der Waals surface area contributed by atoms with Crippen molar-refractivity contribution in [2.24, 2.45) is 0 Å². The molecule has 2 atom stereocenters. The molecule has 188 valence electrons. The summed E-state index contributed by atoms with van der Waals surface area (Å²) in [7, 11) is -5.25. The Morgan fingerprint density at radius 1 is 0.844 bits per heavy atom. The summed E-state index contributed by atoms with van der Waals surface area (Å²) in [5.74, 6) is -3.88. The van der Waals surface area contributed by atoms with Gasteiger partial charge in [-0.05, 0) is 12.8 Å². The highest BCUT2D eigenvalue weighted by Crippen LogP contribution is 2.12. The predicted molar refractivity (Wildman–Crippen MR) is 117 cm³/mol. The van der Waals surface area contributed by atoms with Crippen LogP contribution >= 0.6 is 0 Å². The van der Waals surface area contributed by atoms with Gasteiger partial charge in [0.15, 0.2) is 0 Å². The Labute approximate surface area is 192 Å². The van der Waals surface area contributed by atoms with E-state index >= 15 is 0 Å². The summed E-state index contributed by atoms with van der Waals surface area (Å²) in [6.07, 6.45) is 13.2. The summed E-state index contributed by atoms with van der Waals surface area (Å²) in [6.45, 7) is 4.03. The number of amides is 1. The van der Waals surface area contributed by atoms with Gasteiger partial charge in [-0.2, -0.15) is 0 Å². The molecule has 0 aromatic rings. The number of nitrogens with one attached hydrogen (secondary N) is 1. The average molecular weight is 478 g/mol. The van der Waals surface area contributed by atoms with Gasteiger partial charge < -0.3 is 24.5 Å². The first kappa shape index (κ1) is 30.3. The maximum Gasteiger partial charge on any atom is 0.328 e. The topological polar surface area (TPSA) is 153 Å². The van der Waals surface area contributed by atoms with E-state index in [0.717, 1.165) is 19.3 Å². The van der Waals surface area contributed by atoms with Gasteiger partial charge in [-0.1, -0.05) is 84.5 Å². The van der Waals surface area contributed by atoms with Crippen LogP contribution in [0.25, 0.3) is 0 Å². The molecule has 32 heavy (non-hydrogen) atoms. The SMILES string of the molecule is CCCCCCCCCCCCCCOC(=O)C(CC)NC(=O)CC(C(=O)[O-])S(=O)(=O)[O-]. The molecule has 10 heteroatoms. The second kappa shape index (κ2) is 17.8. The number of ether oxygens (including phenoxy) is 1. The zero-order valence-electron chi connectivity index (χ0n) is 19.4. The second-order valence-corrected chi connectivity index (χ2v) is 9.64. The van der Waals surface area contributed by atoms with Gasteiger partial charge in [-0.3, -0.25) is 4.79 Å². The molecule has 1 N–H and O–H groups in total. The number of unbranched alkanes of at least 4 members (excludes halogenated alkanes) is 11. The number of aliphatic carboxylic acids is 1. The molecule has 0 aromatic carbocycles. The number of rotatable bonds is 20. The van der Waals surface area contributed by atoms with Crippen molar-refractivity contribution in [3.63, 3.8) is 0 Å². The van der Waals surface area contributed by atoms with Crippen LogP contribution in [0.2, 0.25) is 0 Å². The summed E-state index contributed by atoms with van der Waals surface area (Å²) >= 11 is 0. The molecule has 0 radical (unpaired) electrons. The van der Waals surface area contributed by atoms with E-state index in [4.69, 9.17) is 4.74 Å². The van der Waals surface area contributed by atoms with Crippen molar-refractivity contribution in [1.29, 1.82) is 0 Å². The fourth-order valence-corrected chi connectivity index (χ4v) is 3.86. The van der Waals surface area contributed by atoms with Crippen molar-refractivity contribution in [2.75, 3.05) is 6.61 Å². The molecule has 0 aliphatic heterocycles. The zero-order valence-corrected chi connectivity index (χ0v) is 20.3. The standard InChI is InChI=1S/C22H41NO8S/c1-3-5-6-7-8-9-10-11-12-13-14-15-16-31-22(27)18(4-2)23-20(24)17-19(21(25)26)32(28,29)30/h18-19H,3-17H2,1-2H3,(H,23,24)(H,25,26)(H,28,29,30)/p-2. The van der Waals surface area contributed by atoms with E-state index in [-0.39, 0.29) is 13.0 Å². The molecule has 0 heterocycles. The average Bonchev–Trinajstić information content (AvgIpc) is 2.72. The summed E-state index contributed by atoms with van der Waals surface area (Å²) in [5, 5.41) is 10.5. The molecule has 0 saturated heterocycles. The molecule has 9 nitrogen and oxygen atoms in total. The van der Waals surface area contributed by atoms with Gasteiger partial charge in [-0.25, -0.2) is 13.2 Å². The van der Waals surface area contributed by atoms with Gasteiger partial charge in [0, 0.05) is 6.42 Å². The van der Waals surface area contributed by atoms with Crippen LogP contribution in [0.3, 0.4) is 0 Å². The molecule has 0 rings (SSSR count). The van der Waals surface area contributed by atoms with Gasteiger partial charge in [-0.15, -0.1) is 0 Å². The minimum atomic E-state index is -5.25. The summed E-state index contributed by atoms with van der Waals surface area (Å²) in [4.78, 5) is 34.7. The van der Waals surface area contributed by atoms with Crippen LogP contribution < -0.4 is 10.4 Å². The number of carbonyl (C=O) groups excluding carboxylic acids is 3. The van der Waals surface area contributed by atoms with E-state index in [9.17, 15) is 32.5 Å². The summed E-state index contributed by atoms with van der Waals surface area (Å²) in [5.41, 5.74) is 0. The van der Waals surface area contributed by atoms with Crippen LogP contribution in [-0.4, -0.2) is 48.7 Å². The number of carboxylic acids is 1. The Morgan fingerprint density at radius 2 is 1.31 bits per heavy atom. The maximum atomic E-state index is 12.1. The lowest BCUT2D eigenvalue weighted by Crippen LogP contribution is -2.47. The monoisotopic (exact) mass is 477 g/mol. The first-order valence-corrected chi connectivity index (χ1v) is 13.2. The number of hydrogen-bond donors (Lipinski definition) is 1. The number of carbonyl (C=O) groups is 3. The highest BCUT2D eigenvalue weighted by atomic mass is 32.2. The fourth-order valence-electron chi connectivity index (χ4n) is 3.27. The molecule has 0 aliphatic rings. The molecular weight excluding hydrogens is 438 g/mol. The first-order valence-electron chi connectivity index (χ1n) is 11.7. The van der Waals surface area contributed by atoms with Crippen molar-refractivity contribution in [2.45, 2.75) is 115 Å². The van der Waals surface area contributed by atoms with Crippen LogP contribution in [-0.2, 0) is 29.2 Å². The third kappa shape index (κ3) is 15.2. The fraction of sp³-hybridized carbons (Fsp3) is 0.864. The number of carboxylic acid groups (broad SMARTS) is 1. The molecule has 0 aliphatic carbocycles. The van der Waals surface area contributed by atoms with Gasteiger partial charge in [0.05, 0.1) is 17.8 Å². The van der Waals surface area contributed by atoms with Crippen molar-refractivity contribution in [3.05, 3.63) is 0 Å². The van der Waals surface area contributed by atoms with Crippen molar-refractivity contribution in [3.8, 4) is 0 Å². The quantitative estimate of drug-likeness (QED) is 0.159.